The molecule has 0 unspecified atom stereocenters. The second kappa shape index (κ2) is 6.64. The number of benzene rings is 2. The lowest BCUT2D eigenvalue weighted by Crippen LogP contribution is -1.98. The van der Waals surface area contributed by atoms with Gasteiger partial charge in [-0.15, -0.1) is 0 Å². The van der Waals surface area contributed by atoms with Crippen LogP contribution in [0, 0.1) is 5.82 Å². The van der Waals surface area contributed by atoms with E-state index in [1.54, 1.807) is 18.2 Å². The number of pyridine rings is 1. The van der Waals surface area contributed by atoms with E-state index in [0.717, 1.165) is 6.07 Å². The highest BCUT2D eigenvalue weighted by atomic mass is 19.1. The molecule has 0 aliphatic carbocycles. The molecular formula is C18H14FNO5. The van der Waals surface area contributed by atoms with Gasteiger partial charge >= 0.3 is 5.97 Å². The van der Waals surface area contributed by atoms with Crippen LogP contribution < -0.4 is 14.2 Å². The molecule has 0 bridgehead atoms. The molecule has 1 N–H and O–H groups in total. The summed E-state index contributed by atoms with van der Waals surface area (Å²) in [6, 6.07) is 8.40. The Morgan fingerprint density at radius 2 is 1.72 bits per heavy atom. The maximum Gasteiger partial charge on any atom is 0.335 e. The average molecular weight is 343 g/mol. The average Bonchev–Trinajstić information content (AvgIpc) is 2.62. The summed E-state index contributed by atoms with van der Waals surface area (Å²) in [7, 11) is 3.02. The number of hydrogen-bond acceptors (Lipinski definition) is 5. The lowest BCUT2D eigenvalue weighted by molar-refractivity contribution is 0.0696. The Kier molecular flexibility index (Phi) is 4.38. The minimum atomic E-state index is -1.21. The molecule has 7 heteroatoms. The number of aromatic nitrogens is 1. The van der Waals surface area contributed by atoms with E-state index in [0.29, 0.717) is 28.2 Å². The second-order valence-electron chi connectivity index (χ2n) is 5.09. The zero-order chi connectivity index (χ0) is 18.0. The van der Waals surface area contributed by atoms with Crippen LogP contribution >= 0.6 is 0 Å². The number of ether oxygens (including phenoxy) is 3. The summed E-state index contributed by atoms with van der Waals surface area (Å²) in [5, 5.41) is 9.50. The summed E-state index contributed by atoms with van der Waals surface area (Å²) in [6.07, 6.45) is 1.52. The van der Waals surface area contributed by atoms with Crippen LogP contribution in [0.3, 0.4) is 0 Å². The Bertz CT molecular complexity index is 958. The number of rotatable bonds is 5. The molecule has 0 saturated heterocycles. The molecule has 1 heterocycles. The lowest BCUT2D eigenvalue weighted by atomic mass is 10.1. The van der Waals surface area contributed by atoms with Crippen LogP contribution in [0.4, 0.5) is 4.39 Å². The zero-order valence-electron chi connectivity index (χ0n) is 13.4. The van der Waals surface area contributed by atoms with Crippen LogP contribution in [0.15, 0.2) is 42.6 Å². The maximum absolute atomic E-state index is 14.1. The van der Waals surface area contributed by atoms with Crippen LogP contribution in [0.1, 0.15) is 10.4 Å². The van der Waals surface area contributed by atoms with Gasteiger partial charge in [-0.2, -0.15) is 0 Å². The van der Waals surface area contributed by atoms with Gasteiger partial charge in [0, 0.05) is 17.6 Å². The largest absolute Gasteiger partial charge is 0.493 e. The highest BCUT2D eigenvalue weighted by Crippen LogP contribution is 2.37. The minimum Gasteiger partial charge on any atom is -0.493 e. The molecule has 128 valence electrons. The van der Waals surface area contributed by atoms with Gasteiger partial charge in [0.05, 0.1) is 25.3 Å². The van der Waals surface area contributed by atoms with Gasteiger partial charge in [-0.05, 0) is 30.3 Å². The van der Waals surface area contributed by atoms with Crippen molar-refractivity contribution in [1.82, 2.24) is 4.98 Å². The fraction of sp³-hybridized carbons (Fsp3) is 0.111. The maximum atomic E-state index is 14.1. The Morgan fingerprint density at radius 1 is 1.00 bits per heavy atom. The fourth-order valence-electron chi connectivity index (χ4n) is 2.37. The van der Waals surface area contributed by atoms with Gasteiger partial charge in [-0.1, -0.05) is 0 Å². The van der Waals surface area contributed by atoms with Crippen molar-refractivity contribution in [2.45, 2.75) is 0 Å². The van der Waals surface area contributed by atoms with E-state index in [2.05, 4.69) is 4.98 Å². The first kappa shape index (κ1) is 16.5. The Hall–Kier alpha value is -3.35. The number of aromatic carboxylic acids is 1. The van der Waals surface area contributed by atoms with Crippen LogP contribution in [-0.2, 0) is 0 Å². The van der Waals surface area contributed by atoms with E-state index in [1.807, 2.05) is 0 Å². The van der Waals surface area contributed by atoms with E-state index in [-0.39, 0.29) is 11.3 Å². The first-order valence-corrected chi connectivity index (χ1v) is 7.25. The standard InChI is InChI=1S/C18H14FNO5/c1-23-16-8-11-13(9-17(16)24-2)20-6-5-14(11)25-15-4-3-10(18(21)22)7-12(15)19/h3-9H,1-2H3,(H,21,22). The van der Waals surface area contributed by atoms with E-state index in [9.17, 15) is 9.18 Å². The van der Waals surface area contributed by atoms with E-state index < -0.39 is 11.8 Å². The third-order valence-electron chi connectivity index (χ3n) is 3.61. The molecule has 0 atom stereocenters. The highest BCUT2D eigenvalue weighted by molar-refractivity contribution is 5.89. The van der Waals surface area contributed by atoms with Gasteiger partial charge < -0.3 is 19.3 Å². The SMILES string of the molecule is COc1cc2nccc(Oc3ccc(C(=O)O)cc3F)c2cc1OC. The van der Waals surface area contributed by atoms with Crippen molar-refractivity contribution in [3.63, 3.8) is 0 Å². The predicted molar refractivity (Wildman–Crippen MR) is 88.3 cm³/mol. The molecule has 0 fully saturated rings. The third kappa shape index (κ3) is 3.16. The molecular weight excluding hydrogens is 329 g/mol. The Morgan fingerprint density at radius 3 is 2.36 bits per heavy atom. The second-order valence-corrected chi connectivity index (χ2v) is 5.09. The van der Waals surface area contributed by atoms with Gasteiger partial charge in [0.2, 0.25) is 0 Å². The minimum absolute atomic E-state index is 0.0905. The van der Waals surface area contributed by atoms with Gasteiger partial charge in [-0.25, -0.2) is 9.18 Å². The molecule has 3 rings (SSSR count). The quantitative estimate of drug-likeness (QED) is 0.757. The summed E-state index contributed by atoms with van der Waals surface area (Å²) >= 11 is 0. The lowest BCUT2D eigenvalue weighted by Gasteiger charge is -2.12. The molecule has 0 aliphatic rings. The number of nitrogens with zero attached hydrogens (tertiary/aromatic N) is 1. The van der Waals surface area contributed by atoms with Crippen molar-refractivity contribution < 1.29 is 28.5 Å². The molecule has 2 aromatic carbocycles. The topological polar surface area (TPSA) is 77.9 Å². The van der Waals surface area contributed by atoms with Gasteiger partial charge in [0.15, 0.2) is 23.1 Å². The van der Waals surface area contributed by atoms with Crippen molar-refractivity contribution in [3.8, 4) is 23.0 Å². The van der Waals surface area contributed by atoms with E-state index in [4.69, 9.17) is 19.3 Å². The fourth-order valence-corrected chi connectivity index (χ4v) is 2.37. The van der Waals surface area contributed by atoms with Gasteiger partial charge in [-0.3, -0.25) is 4.98 Å². The highest BCUT2D eigenvalue weighted by Gasteiger charge is 2.14. The monoisotopic (exact) mass is 343 g/mol. The molecule has 1 aromatic heterocycles. The number of carboxylic acid groups (broad SMARTS) is 1. The summed E-state index contributed by atoms with van der Waals surface area (Å²) in [6.45, 7) is 0. The number of carboxylic acids is 1. The molecule has 0 spiro atoms. The number of hydrogen-bond donors (Lipinski definition) is 1. The smallest absolute Gasteiger partial charge is 0.335 e. The van der Waals surface area contributed by atoms with Crippen LogP contribution in [-0.4, -0.2) is 30.3 Å². The molecule has 0 saturated carbocycles. The molecule has 6 nitrogen and oxygen atoms in total. The van der Waals surface area contributed by atoms with Crippen LogP contribution in [0.5, 0.6) is 23.0 Å². The van der Waals surface area contributed by atoms with Crippen molar-refractivity contribution in [1.29, 1.82) is 0 Å². The van der Waals surface area contributed by atoms with Crippen LogP contribution in [0.25, 0.3) is 10.9 Å². The number of methoxy groups -OCH3 is 2. The summed E-state index contributed by atoms with van der Waals surface area (Å²) in [5.74, 6) is -0.728. The normalized spacial score (nSPS) is 10.5. The molecule has 0 radical (unpaired) electrons. The molecule has 3 aromatic rings. The van der Waals surface area contributed by atoms with Crippen LogP contribution in [0.2, 0.25) is 0 Å². The van der Waals surface area contributed by atoms with E-state index in [1.165, 1.54) is 32.5 Å². The zero-order valence-corrected chi connectivity index (χ0v) is 13.4. The van der Waals surface area contributed by atoms with Gasteiger partial charge in [0.1, 0.15) is 5.75 Å². The van der Waals surface area contributed by atoms with Crippen molar-refractivity contribution in [2.75, 3.05) is 14.2 Å². The summed E-state index contributed by atoms with van der Waals surface area (Å²) < 4.78 is 30.2. The Balaban J connectivity index is 2.06. The Labute approximate surface area is 142 Å². The van der Waals surface area contributed by atoms with Crippen molar-refractivity contribution in [2.24, 2.45) is 0 Å². The third-order valence-corrected chi connectivity index (χ3v) is 3.61. The molecule has 0 amide bonds. The number of fused-ring (bicyclic) bond motifs is 1. The predicted octanol–water partition coefficient (Wildman–Crippen LogP) is 3.88. The van der Waals surface area contributed by atoms with E-state index >= 15 is 0 Å². The molecule has 25 heavy (non-hydrogen) atoms. The van der Waals surface area contributed by atoms with Gasteiger partial charge in [0.25, 0.3) is 0 Å². The molecule has 0 aliphatic heterocycles. The first-order valence-electron chi connectivity index (χ1n) is 7.25. The first-order chi connectivity index (χ1) is 12.0. The van der Waals surface area contributed by atoms with Crippen molar-refractivity contribution in [3.05, 3.63) is 54.0 Å². The van der Waals surface area contributed by atoms with Crippen molar-refractivity contribution >= 4 is 16.9 Å². The summed E-state index contributed by atoms with van der Waals surface area (Å²) in [5.41, 5.74) is 0.425. The number of halogens is 1. The summed E-state index contributed by atoms with van der Waals surface area (Å²) in [4.78, 5) is 15.1. The number of carbonyl (C=O) groups is 1.